The van der Waals surface area contributed by atoms with E-state index in [4.69, 9.17) is 9.47 Å². The molecular weight excluding hydrogens is 312 g/mol. The van der Waals surface area contributed by atoms with E-state index in [-0.39, 0.29) is 0 Å². The molecule has 2 fully saturated rings. The minimum Gasteiger partial charge on any atom is -0.494 e. The van der Waals surface area contributed by atoms with Gasteiger partial charge in [-0.2, -0.15) is 0 Å². The van der Waals surface area contributed by atoms with E-state index in [1.165, 1.54) is 43.5 Å². The molecule has 0 amide bonds. The van der Waals surface area contributed by atoms with Crippen molar-refractivity contribution in [3.8, 4) is 5.75 Å². The van der Waals surface area contributed by atoms with Crippen LogP contribution in [-0.2, 0) is 11.3 Å². The van der Waals surface area contributed by atoms with Gasteiger partial charge < -0.3 is 14.8 Å². The highest BCUT2D eigenvalue weighted by molar-refractivity contribution is 5.38. The van der Waals surface area contributed by atoms with Crippen LogP contribution in [0.25, 0.3) is 0 Å². The van der Waals surface area contributed by atoms with E-state index in [9.17, 15) is 0 Å². The Bertz CT molecular complexity index is 523. The lowest BCUT2D eigenvalue weighted by Gasteiger charge is -2.29. The Labute approximate surface area is 152 Å². The van der Waals surface area contributed by atoms with Crippen LogP contribution in [0.3, 0.4) is 0 Å². The van der Waals surface area contributed by atoms with E-state index in [2.05, 4.69) is 42.3 Å². The lowest BCUT2D eigenvalue weighted by molar-refractivity contribution is 0.0754. The summed E-state index contributed by atoms with van der Waals surface area (Å²) >= 11 is 0. The Morgan fingerprint density at radius 1 is 1.20 bits per heavy atom. The van der Waals surface area contributed by atoms with Crippen molar-refractivity contribution in [3.05, 3.63) is 29.3 Å². The highest BCUT2D eigenvalue weighted by Gasteiger charge is 2.19. The minimum atomic E-state index is 0.360. The maximum atomic E-state index is 5.90. The molecule has 1 atom stereocenters. The molecule has 1 aromatic carbocycles. The van der Waals surface area contributed by atoms with Crippen LogP contribution in [0.15, 0.2) is 18.2 Å². The molecule has 4 nitrogen and oxygen atoms in total. The van der Waals surface area contributed by atoms with Crippen LogP contribution in [0.2, 0.25) is 0 Å². The molecule has 0 bridgehead atoms. The third-order valence-corrected chi connectivity index (χ3v) is 5.43. The summed E-state index contributed by atoms with van der Waals surface area (Å²) in [6.45, 7) is 10.3. The third kappa shape index (κ3) is 5.44. The summed E-state index contributed by atoms with van der Waals surface area (Å²) < 4.78 is 11.4. The van der Waals surface area contributed by atoms with Gasteiger partial charge in [0.15, 0.2) is 0 Å². The van der Waals surface area contributed by atoms with Gasteiger partial charge in [0.05, 0.1) is 6.61 Å². The van der Waals surface area contributed by atoms with Crippen LogP contribution < -0.4 is 10.1 Å². The van der Waals surface area contributed by atoms with E-state index < -0.39 is 0 Å². The SMILES string of the molecule is CCOc1ccc(C(C)NC2CCOCC2)cc1CN1CCCCC1. The number of likely N-dealkylation sites (tertiary alicyclic amines) is 1. The fourth-order valence-corrected chi connectivity index (χ4v) is 3.96. The van der Waals surface area contributed by atoms with Gasteiger partial charge in [-0.25, -0.2) is 0 Å². The summed E-state index contributed by atoms with van der Waals surface area (Å²) in [5, 5.41) is 3.78. The zero-order chi connectivity index (χ0) is 17.5. The maximum absolute atomic E-state index is 5.90. The number of nitrogens with zero attached hydrogens (tertiary/aromatic N) is 1. The first-order valence-electron chi connectivity index (χ1n) is 10.1. The van der Waals surface area contributed by atoms with Crippen molar-refractivity contribution in [3.63, 3.8) is 0 Å². The van der Waals surface area contributed by atoms with Crippen LogP contribution >= 0.6 is 0 Å². The van der Waals surface area contributed by atoms with Gasteiger partial charge in [0.2, 0.25) is 0 Å². The van der Waals surface area contributed by atoms with Crippen LogP contribution in [0.4, 0.5) is 0 Å². The van der Waals surface area contributed by atoms with Gasteiger partial charge >= 0.3 is 0 Å². The second-order valence-corrected chi connectivity index (χ2v) is 7.41. The highest BCUT2D eigenvalue weighted by atomic mass is 16.5. The Kier molecular flexibility index (Phi) is 7.14. The van der Waals surface area contributed by atoms with Gasteiger partial charge in [-0.3, -0.25) is 4.90 Å². The summed E-state index contributed by atoms with van der Waals surface area (Å²) in [4.78, 5) is 2.57. The highest BCUT2D eigenvalue weighted by Crippen LogP contribution is 2.27. The molecule has 2 heterocycles. The quantitative estimate of drug-likeness (QED) is 0.812. The van der Waals surface area contributed by atoms with Crippen LogP contribution in [0, 0.1) is 0 Å². The van der Waals surface area contributed by atoms with E-state index in [0.717, 1.165) is 45.0 Å². The van der Waals surface area contributed by atoms with Gasteiger partial charge in [-0.15, -0.1) is 0 Å². The Balaban J connectivity index is 1.69. The number of hydrogen-bond donors (Lipinski definition) is 1. The van der Waals surface area contributed by atoms with Crippen molar-refractivity contribution >= 4 is 0 Å². The predicted octanol–water partition coefficient (Wildman–Crippen LogP) is 3.90. The molecule has 0 aliphatic carbocycles. The second kappa shape index (κ2) is 9.56. The van der Waals surface area contributed by atoms with Crippen molar-refractivity contribution in [2.75, 3.05) is 32.9 Å². The Morgan fingerprint density at radius 2 is 1.96 bits per heavy atom. The topological polar surface area (TPSA) is 33.7 Å². The van der Waals surface area contributed by atoms with Gasteiger partial charge in [0.25, 0.3) is 0 Å². The van der Waals surface area contributed by atoms with E-state index >= 15 is 0 Å². The first-order valence-corrected chi connectivity index (χ1v) is 10.1. The van der Waals surface area contributed by atoms with Crippen LogP contribution in [0.1, 0.15) is 63.1 Å². The Morgan fingerprint density at radius 3 is 2.68 bits per heavy atom. The van der Waals surface area contributed by atoms with Gasteiger partial charge in [0, 0.05) is 37.4 Å². The summed E-state index contributed by atoms with van der Waals surface area (Å²) in [7, 11) is 0. The smallest absolute Gasteiger partial charge is 0.123 e. The lowest BCUT2D eigenvalue weighted by Crippen LogP contribution is -2.36. The molecule has 3 rings (SSSR count). The normalized spacial score (nSPS) is 21.2. The van der Waals surface area contributed by atoms with E-state index in [1.807, 2.05) is 0 Å². The summed E-state index contributed by atoms with van der Waals surface area (Å²) in [6.07, 6.45) is 6.25. The lowest BCUT2D eigenvalue weighted by atomic mass is 10.0. The summed E-state index contributed by atoms with van der Waals surface area (Å²) in [5.74, 6) is 1.05. The molecule has 1 aromatic rings. The molecule has 0 aromatic heterocycles. The molecule has 2 saturated heterocycles. The predicted molar refractivity (Wildman–Crippen MR) is 102 cm³/mol. The Hall–Kier alpha value is -1.10. The first-order chi connectivity index (χ1) is 12.3. The van der Waals surface area contributed by atoms with Crippen molar-refractivity contribution in [1.29, 1.82) is 0 Å². The molecule has 25 heavy (non-hydrogen) atoms. The molecule has 0 spiro atoms. The van der Waals surface area contributed by atoms with Gasteiger partial charge in [-0.05, 0) is 70.3 Å². The third-order valence-electron chi connectivity index (χ3n) is 5.43. The molecule has 4 heteroatoms. The zero-order valence-electron chi connectivity index (χ0n) is 15.9. The van der Waals surface area contributed by atoms with Crippen LogP contribution in [0.5, 0.6) is 5.75 Å². The minimum absolute atomic E-state index is 0.360. The van der Waals surface area contributed by atoms with Gasteiger partial charge in [-0.1, -0.05) is 12.5 Å². The number of rotatable bonds is 7. The van der Waals surface area contributed by atoms with Crippen molar-refractivity contribution in [2.45, 2.75) is 64.6 Å². The van der Waals surface area contributed by atoms with Gasteiger partial charge in [0.1, 0.15) is 5.75 Å². The summed E-state index contributed by atoms with van der Waals surface area (Å²) in [5.41, 5.74) is 2.70. The molecule has 140 valence electrons. The number of ether oxygens (including phenoxy) is 2. The van der Waals surface area contributed by atoms with Crippen molar-refractivity contribution in [1.82, 2.24) is 10.2 Å². The van der Waals surface area contributed by atoms with E-state index in [0.29, 0.717) is 12.1 Å². The second-order valence-electron chi connectivity index (χ2n) is 7.41. The first kappa shape index (κ1) is 18.7. The fraction of sp³-hybridized carbons (Fsp3) is 0.714. The number of benzene rings is 1. The van der Waals surface area contributed by atoms with E-state index in [1.54, 1.807) is 0 Å². The van der Waals surface area contributed by atoms with Crippen molar-refractivity contribution in [2.24, 2.45) is 0 Å². The van der Waals surface area contributed by atoms with Crippen LogP contribution in [-0.4, -0.2) is 43.9 Å². The standard InChI is InChI=1S/C21H34N2O2/c1-3-25-21-8-7-18(17(2)22-20-9-13-24-14-10-20)15-19(21)16-23-11-5-4-6-12-23/h7-8,15,17,20,22H,3-6,9-14,16H2,1-2H3. The average molecular weight is 347 g/mol. The largest absolute Gasteiger partial charge is 0.494 e. The number of nitrogens with one attached hydrogen (secondary N) is 1. The molecule has 2 aliphatic rings. The number of hydrogen-bond acceptors (Lipinski definition) is 4. The summed E-state index contributed by atoms with van der Waals surface area (Å²) in [6, 6.07) is 7.68. The van der Waals surface area contributed by atoms with Crippen molar-refractivity contribution < 1.29 is 9.47 Å². The molecule has 1 N–H and O–H groups in total. The molecule has 1 unspecified atom stereocenters. The molecule has 2 aliphatic heterocycles. The fourth-order valence-electron chi connectivity index (χ4n) is 3.96. The average Bonchev–Trinajstić information content (AvgIpc) is 2.65. The number of piperidine rings is 1. The molecule has 0 saturated carbocycles. The monoisotopic (exact) mass is 346 g/mol. The molecule has 0 radical (unpaired) electrons. The molecular formula is C21H34N2O2. The maximum Gasteiger partial charge on any atom is 0.123 e. The zero-order valence-corrected chi connectivity index (χ0v) is 15.9.